The number of carbonyl (C=O) groups is 1. The first kappa shape index (κ1) is 14.8. The quantitative estimate of drug-likeness (QED) is 0.933. The number of benzene rings is 1. The summed E-state index contributed by atoms with van der Waals surface area (Å²) in [6.07, 6.45) is 3.17. The number of carbonyl (C=O) groups excluding carboxylic acids is 1. The van der Waals surface area contributed by atoms with Gasteiger partial charge in [0, 0.05) is 12.1 Å². The fourth-order valence-corrected chi connectivity index (χ4v) is 3.62. The smallest absolute Gasteiger partial charge is 0.241 e. The molecule has 0 aromatic heterocycles. The maximum Gasteiger partial charge on any atom is 0.241 e. The molecule has 1 saturated carbocycles. The molecule has 1 aromatic carbocycles. The van der Waals surface area contributed by atoms with E-state index in [0.717, 1.165) is 24.8 Å². The first-order chi connectivity index (χ1) is 10.1. The molecule has 1 saturated heterocycles. The van der Waals surface area contributed by atoms with E-state index in [1.54, 1.807) is 7.11 Å². The molecular formula is C16H21ClN2O2. The maximum atomic E-state index is 12.6. The van der Waals surface area contributed by atoms with E-state index in [2.05, 4.69) is 5.32 Å². The van der Waals surface area contributed by atoms with Crippen molar-refractivity contribution in [2.45, 2.75) is 50.5 Å². The normalized spacial score (nSPS) is 32.9. The summed E-state index contributed by atoms with van der Waals surface area (Å²) in [7, 11) is 1.73. The number of hydrogen-bond acceptors (Lipinski definition) is 3. The number of methoxy groups -OCH3 is 1. The molecule has 2 aliphatic rings. The van der Waals surface area contributed by atoms with E-state index in [-0.39, 0.29) is 30.3 Å². The zero-order valence-electron chi connectivity index (χ0n) is 12.4. The molecular weight excluding hydrogens is 288 g/mol. The van der Waals surface area contributed by atoms with Crippen LogP contribution in [0.25, 0.3) is 0 Å². The molecule has 5 heteroatoms. The molecule has 0 bridgehead atoms. The second-order valence-corrected chi connectivity index (χ2v) is 6.30. The minimum atomic E-state index is -0.163. The van der Waals surface area contributed by atoms with E-state index < -0.39 is 0 Å². The van der Waals surface area contributed by atoms with Crippen molar-refractivity contribution < 1.29 is 9.53 Å². The number of ether oxygens (including phenoxy) is 1. The van der Waals surface area contributed by atoms with Gasteiger partial charge in [0.1, 0.15) is 6.17 Å². The van der Waals surface area contributed by atoms with Crippen molar-refractivity contribution in [3.63, 3.8) is 0 Å². The van der Waals surface area contributed by atoms with E-state index in [1.165, 1.54) is 0 Å². The first-order valence-electron chi connectivity index (χ1n) is 7.48. The third-order valence-corrected chi connectivity index (χ3v) is 4.83. The third kappa shape index (κ3) is 2.68. The van der Waals surface area contributed by atoms with Crippen LogP contribution in [-0.2, 0) is 9.53 Å². The van der Waals surface area contributed by atoms with Gasteiger partial charge in [0.15, 0.2) is 0 Å². The molecule has 3 rings (SSSR count). The van der Waals surface area contributed by atoms with Crippen molar-refractivity contribution in [3.05, 3.63) is 34.9 Å². The summed E-state index contributed by atoms with van der Waals surface area (Å²) in [5.74, 6) is 0.156. The SMILES string of the molecule is COC1CCCC1N1C(=O)C(C)NC1c1ccc(Cl)cc1. The molecule has 1 aliphatic heterocycles. The van der Waals surface area contributed by atoms with Gasteiger partial charge in [0.25, 0.3) is 0 Å². The second kappa shape index (κ2) is 5.95. The van der Waals surface area contributed by atoms with E-state index in [4.69, 9.17) is 16.3 Å². The largest absolute Gasteiger partial charge is 0.379 e. The highest BCUT2D eigenvalue weighted by molar-refractivity contribution is 6.30. The second-order valence-electron chi connectivity index (χ2n) is 5.86. The molecule has 1 aliphatic carbocycles. The van der Waals surface area contributed by atoms with Crippen LogP contribution >= 0.6 is 11.6 Å². The number of amides is 1. The molecule has 0 spiro atoms. The van der Waals surface area contributed by atoms with Crippen molar-refractivity contribution in [1.82, 2.24) is 10.2 Å². The minimum Gasteiger partial charge on any atom is -0.379 e. The Kier molecular flexibility index (Phi) is 4.20. The van der Waals surface area contributed by atoms with Crippen molar-refractivity contribution in [2.24, 2.45) is 0 Å². The summed E-state index contributed by atoms with van der Waals surface area (Å²) in [5, 5.41) is 4.10. The Labute approximate surface area is 130 Å². The third-order valence-electron chi connectivity index (χ3n) is 4.57. The highest BCUT2D eigenvalue weighted by Gasteiger charge is 2.45. The Morgan fingerprint density at radius 2 is 2.00 bits per heavy atom. The van der Waals surface area contributed by atoms with Gasteiger partial charge in [0.05, 0.1) is 18.2 Å². The first-order valence-corrected chi connectivity index (χ1v) is 7.86. The lowest BCUT2D eigenvalue weighted by Crippen LogP contribution is -2.44. The van der Waals surface area contributed by atoms with Gasteiger partial charge in [0.2, 0.25) is 5.91 Å². The Hall–Kier alpha value is -1.10. The highest BCUT2D eigenvalue weighted by Crippen LogP contribution is 2.35. The summed E-state index contributed by atoms with van der Waals surface area (Å²) in [4.78, 5) is 14.6. The molecule has 4 atom stereocenters. The minimum absolute atomic E-state index is 0.0921. The van der Waals surface area contributed by atoms with Crippen LogP contribution in [0.2, 0.25) is 5.02 Å². The number of nitrogens with one attached hydrogen (secondary N) is 1. The summed E-state index contributed by atoms with van der Waals surface area (Å²) in [6, 6.07) is 7.69. The molecule has 1 amide bonds. The molecule has 0 radical (unpaired) electrons. The Bertz CT molecular complexity index is 520. The summed E-state index contributed by atoms with van der Waals surface area (Å²) < 4.78 is 5.58. The summed E-state index contributed by atoms with van der Waals surface area (Å²) >= 11 is 5.96. The van der Waals surface area contributed by atoms with Gasteiger partial charge in [-0.3, -0.25) is 10.1 Å². The zero-order chi connectivity index (χ0) is 15.0. The lowest BCUT2D eigenvalue weighted by Gasteiger charge is -2.33. The van der Waals surface area contributed by atoms with Crippen LogP contribution in [0, 0.1) is 0 Å². The average Bonchev–Trinajstić information content (AvgIpc) is 3.05. The fourth-order valence-electron chi connectivity index (χ4n) is 3.50. The van der Waals surface area contributed by atoms with Crippen LogP contribution in [0.1, 0.15) is 37.9 Å². The maximum absolute atomic E-state index is 12.6. The number of halogens is 1. The van der Waals surface area contributed by atoms with E-state index >= 15 is 0 Å². The predicted molar refractivity (Wildman–Crippen MR) is 82.1 cm³/mol. The van der Waals surface area contributed by atoms with Gasteiger partial charge in [-0.05, 0) is 43.9 Å². The lowest BCUT2D eigenvalue weighted by molar-refractivity contribution is -0.134. The van der Waals surface area contributed by atoms with E-state index in [1.807, 2.05) is 36.1 Å². The van der Waals surface area contributed by atoms with Crippen molar-refractivity contribution in [1.29, 1.82) is 0 Å². The van der Waals surface area contributed by atoms with Crippen LogP contribution in [0.15, 0.2) is 24.3 Å². The standard InChI is InChI=1S/C16H21ClN2O2/c1-10-16(20)19(13-4-3-5-14(13)21-2)15(18-10)11-6-8-12(17)9-7-11/h6-10,13-15,18H,3-5H2,1-2H3. The zero-order valence-corrected chi connectivity index (χ0v) is 13.1. The Balaban J connectivity index is 1.91. The van der Waals surface area contributed by atoms with Gasteiger partial charge < -0.3 is 9.64 Å². The molecule has 2 fully saturated rings. The van der Waals surface area contributed by atoms with Gasteiger partial charge in [-0.25, -0.2) is 0 Å². The van der Waals surface area contributed by atoms with Crippen molar-refractivity contribution in [2.75, 3.05) is 7.11 Å². The molecule has 4 nitrogen and oxygen atoms in total. The van der Waals surface area contributed by atoms with Crippen LogP contribution in [0.5, 0.6) is 0 Å². The molecule has 21 heavy (non-hydrogen) atoms. The van der Waals surface area contributed by atoms with Crippen molar-refractivity contribution in [3.8, 4) is 0 Å². The Morgan fingerprint density at radius 1 is 1.29 bits per heavy atom. The van der Waals surface area contributed by atoms with Crippen LogP contribution < -0.4 is 5.32 Å². The monoisotopic (exact) mass is 308 g/mol. The van der Waals surface area contributed by atoms with Gasteiger partial charge >= 0.3 is 0 Å². The van der Waals surface area contributed by atoms with Gasteiger partial charge in [-0.15, -0.1) is 0 Å². The highest BCUT2D eigenvalue weighted by atomic mass is 35.5. The molecule has 1 heterocycles. The van der Waals surface area contributed by atoms with Crippen LogP contribution in [-0.4, -0.2) is 36.1 Å². The molecule has 114 valence electrons. The molecule has 1 aromatic rings. The molecule has 1 N–H and O–H groups in total. The van der Waals surface area contributed by atoms with E-state index in [0.29, 0.717) is 5.02 Å². The summed E-state index contributed by atoms with van der Waals surface area (Å²) in [6.45, 7) is 1.92. The van der Waals surface area contributed by atoms with Crippen LogP contribution in [0.3, 0.4) is 0 Å². The summed E-state index contributed by atoms with van der Waals surface area (Å²) in [5.41, 5.74) is 1.07. The fraction of sp³-hybridized carbons (Fsp3) is 0.562. The predicted octanol–water partition coefficient (Wildman–Crippen LogP) is 2.73. The number of rotatable bonds is 3. The number of hydrogen-bond donors (Lipinski definition) is 1. The van der Waals surface area contributed by atoms with Crippen LogP contribution in [0.4, 0.5) is 0 Å². The topological polar surface area (TPSA) is 41.6 Å². The molecule has 4 unspecified atom stereocenters. The van der Waals surface area contributed by atoms with Gasteiger partial charge in [-0.2, -0.15) is 0 Å². The van der Waals surface area contributed by atoms with Gasteiger partial charge in [-0.1, -0.05) is 23.7 Å². The average molecular weight is 309 g/mol. The lowest BCUT2D eigenvalue weighted by atomic mass is 10.1. The Morgan fingerprint density at radius 3 is 2.67 bits per heavy atom. The van der Waals surface area contributed by atoms with Crippen molar-refractivity contribution >= 4 is 17.5 Å². The van der Waals surface area contributed by atoms with E-state index in [9.17, 15) is 4.79 Å². The number of nitrogens with zero attached hydrogens (tertiary/aromatic N) is 1.